The van der Waals surface area contributed by atoms with Gasteiger partial charge < -0.3 is 9.88 Å². The van der Waals surface area contributed by atoms with Gasteiger partial charge in [0.05, 0.1) is 11.2 Å². The Balaban J connectivity index is 1.45. The molecule has 0 aliphatic rings. The first-order chi connectivity index (χ1) is 17.4. The number of pyridine rings is 1. The maximum Gasteiger partial charge on any atom is 0.138 e. The Morgan fingerprint density at radius 1 is 0.861 bits per heavy atom. The molecule has 0 unspecified atom stereocenters. The lowest BCUT2D eigenvalue weighted by Crippen LogP contribution is -2.10. The molecule has 5 nitrogen and oxygen atoms in total. The summed E-state index contributed by atoms with van der Waals surface area (Å²) in [5, 5.41) is 9.75. The van der Waals surface area contributed by atoms with Crippen molar-refractivity contribution in [1.82, 2.24) is 25.1 Å². The summed E-state index contributed by atoms with van der Waals surface area (Å²) in [6, 6.07) is 24.1. The van der Waals surface area contributed by atoms with Crippen LogP contribution < -0.4 is 0 Å². The van der Waals surface area contributed by atoms with Crippen LogP contribution in [0.5, 0.6) is 0 Å². The van der Waals surface area contributed by atoms with E-state index >= 15 is 0 Å². The lowest BCUT2D eigenvalue weighted by atomic mass is 10.00. The van der Waals surface area contributed by atoms with Gasteiger partial charge in [0.1, 0.15) is 17.2 Å². The fourth-order valence-corrected chi connectivity index (χ4v) is 4.91. The number of nitrogens with zero attached hydrogens (tertiary/aromatic N) is 3. The van der Waals surface area contributed by atoms with Gasteiger partial charge in [0.25, 0.3) is 0 Å². The first-order valence-electron chi connectivity index (χ1n) is 11.9. The van der Waals surface area contributed by atoms with Gasteiger partial charge in [-0.1, -0.05) is 30.3 Å². The second kappa shape index (κ2) is 8.73. The molecule has 0 bridgehead atoms. The van der Waals surface area contributed by atoms with E-state index in [-0.39, 0.29) is 5.82 Å². The van der Waals surface area contributed by atoms with Crippen molar-refractivity contribution in [3.05, 3.63) is 95.9 Å². The van der Waals surface area contributed by atoms with E-state index in [1.807, 2.05) is 19.1 Å². The number of aromatic amines is 2. The highest BCUT2D eigenvalue weighted by Crippen LogP contribution is 2.35. The van der Waals surface area contributed by atoms with E-state index in [1.165, 1.54) is 17.2 Å². The highest BCUT2D eigenvalue weighted by Gasteiger charge is 2.15. The molecule has 0 spiro atoms. The second-order valence-electron chi connectivity index (χ2n) is 9.59. The average Bonchev–Trinajstić information content (AvgIpc) is 3.46. The van der Waals surface area contributed by atoms with E-state index < -0.39 is 0 Å². The molecule has 3 aromatic heterocycles. The molecule has 0 radical (unpaired) electrons. The van der Waals surface area contributed by atoms with Crippen LogP contribution in [0.2, 0.25) is 0 Å². The molecule has 3 aromatic carbocycles. The van der Waals surface area contributed by atoms with Gasteiger partial charge in [-0.15, -0.1) is 0 Å². The summed E-state index contributed by atoms with van der Waals surface area (Å²) >= 11 is 0. The molecule has 3 heterocycles. The Bertz CT molecular complexity index is 1710. The zero-order valence-corrected chi connectivity index (χ0v) is 20.4. The molecule has 36 heavy (non-hydrogen) atoms. The lowest BCUT2D eigenvalue weighted by molar-refractivity contribution is 0.402. The molecular weight excluding hydrogens is 449 g/mol. The normalized spacial score (nSPS) is 11.7. The van der Waals surface area contributed by atoms with Crippen molar-refractivity contribution in [2.24, 2.45) is 0 Å². The Kier molecular flexibility index (Phi) is 5.38. The molecule has 0 atom stereocenters. The Labute approximate surface area is 208 Å². The quantitative estimate of drug-likeness (QED) is 0.284. The Morgan fingerprint density at radius 2 is 1.72 bits per heavy atom. The number of nitrogens with one attached hydrogen (secondary N) is 2. The van der Waals surface area contributed by atoms with Crippen molar-refractivity contribution in [2.45, 2.75) is 13.5 Å². The van der Waals surface area contributed by atoms with Crippen LogP contribution in [0.25, 0.3) is 55.6 Å². The van der Waals surface area contributed by atoms with Gasteiger partial charge in [-0.25, -0.2) is 9.37 Å². The van der Waals surface area contributed by atoms with Crippen LogP contribution in [-0.4, -0.2) is 39.2 Å². The molecule has 0 aliphatic heterocycles. The number of aromatic nitrogens is 4. The predicted octanol–water partition coefficient (Wildman–Crippen LogP) is 6.95. The summed E-state index contributed by atoms with van der Waals surface area (Å²) < 4.78 is 14.1. The van der Waals surface area contributed by atoms with Crippen molar-refractivity contribution in [3.63, 3.8) is 0 Å². The van der Waals surface area contributed by atoms with Crippen LogP contribution in [0.15, 0.2) is 79.0 Å². The third-order valence-corrected chi connectivity index (χ3v) is 6.46. The van der Waals surface area contributed by atoms with Crippen molar-refractivity contribution in [1.29, 1.82) is 0 Å². The van der Waals surface area contributed by atoms with E-state index in [1.54, 1.807) is 12.3 Å². The highest BCUT2D eigenvalue weighted by atomic mass is 19.1. The van der Waals surface area contributed by atoms with Crippen LogP contribution in [0.4, 0.5) is 4.39 Å². The maximum atomic E-state index is 14.1. The van der Waals surface area contributed by atoms with Crippen molar-refractivity contribution in [2.75, 3.05) is 14.1 Å². The molecule has 0 amide bonds. The van der Waals surface area contributed by atoms with Gasteiger partial charge in [0, 0.05) is 23.5 Å². The van der Waals surface area contributed by atoms with Gasteiger partial charge in [-0.2, -0.15) is 5.10 Å². The van der Waals surface area contributed by atoms with E-state index in [4.69, 9.17) is 0 Å². The van der Waals surface area contributed by atoms with Crippen molar-refractivity contribution < 1.29 is 4.39 Å². The topological polar surface area (TPSA) is 60.6 Å². The molecule has 178 valence electrons. The zero-order chi connectivity index (χ0) is 24.8. The van der Waals surface area contributed by atoms with E-state index in [0.717, 1.165) is 62.1 Å². The highest BCUT2D eigenvalue weighted by molar-refractivity contribution is 6.00. The van der Waals surface area contributed by atoms with E-state index in [9.17, 15) is 4.39 Å². The van der Waals surface area contributed by atoms with Gasteiger partial charge in [0.15, 0.2) is 0 Å². The Morgan fingerprint density at radius 3 is 2.56 bits per heavy atom. The number of halogens is 1. The summed E-state index contributed by atoms with van der Waals surface area (Å²) in [5.41, 5.74) is 9.62. The first kappa shape index (κ1) is 22.2. The number of hydrogen-bond acceptors (Lipinski definition) is 3. The molecule has 6 aromatic rings. The lowest BCUT2D eigenvalue weighted by Gasteiger charge is -2.11. The average molecular weight is 476 g/mol. The first-order valence-corrected chi connectivity index (χ1v) is 11.9. The maximum absolute atomic E-state index is 14.1. The molecule has 0 saturated carbocycles. The standard InChI is InChI=1S/C30H26FN5/c1-18-11-22(14-23(31)12-18)24-9-10-32-30-25(24)16-28(33-30)29-26-15-21(7-8-27(26)34-35-29)20-6-4-5-19(13-20)17-36(2)3/h4-16H,17H2,1-3H3,(H,32,33)(H,34,35). The van der Waals surface area contributed by atoms with Crippen LogP contribution in [-0.2, 0) is 6.54 Å². The fraction of sp³-hybridized carbons (Fsp3) is 0.133. The van der Waals surface area contributed by atoms with Crippen LogP contribution in [0.1, 0.15) is 11.1 Å². The van der Waals surface area contributed by atoms with Gasteiger partial charge in [0.2, 0.25) is 0 Å². The summed E-state index contributed by atoms with van der Waals surface area (Å²) in [6.07, 6.45) is 1.75. The monoisotopic (exact) mass is 475 g/mol. The number of H-pyrrole nitrogens is 2. The summed E-state index contributed by atoms with van der Waals surface area (Å²) in [6.45, 7) is 2.79. The number of hydrogen-bond donors (Lipinski definition) is 2. The molecule has 0 saturated heterocycles. The second-order valence-corrected chi connectivity index (χ2v) is 9.59. The summed E-state index contributed by atoms with van der Waals surface area (Å²) in [5.74, 6) is -0.244. The molecule has 0 aliphatic carbocycles. The number of benzene rings is 3. The van der Waals surface area contributed by atoms with Gasteiger partial charge in [-0.05, 0) is 96.9 Å². The predicted molar refractivity (Wildman–Crippen MR) is 144 cm³/mol. The molecule has 2 N–H and O–H groups in total. The number of aryl methyl sites for hydroxylation is 1. The van der Waals surface area contributed by atoms with Crippen molar-refractivity contribution >= 4 is 21.9 Å². The van der Waals surface area contributed by atoms with Crippen LogP contribution >= 0.6 is 0 Å². The summed E-state index contributed by atoms with van der Waals surface area (Å²) in [4.78, 5) is 10.1. The summed E-state index contributed by atoms with van der Waals surface area (Å²) in [7, 11) is 4.15. The fourth-order valence-electron chi connectivity index (χ4n) is 4.91. The van der Waals surface area contributed by atoms with Gasteiger partial charge in [-0.3, -0.25) is 5.10 Å². The zero-order valence-electron chi connectivity index (χ0n) is 20.4. The van der Waals surface area contributed by atoms with Crippen LogP contribution in [0.3, 0.4) is 0 Å². The third kappa shape index (κ3) is 4.06. The molecule has 6 rings (SSSR count). The minimum Gasteiger partial charge on any atom is -0.338 e. The third-order valence-electron chi connectivity index (χ3n) is 6.46. The van der Waals surface area contributed by atoms with Gasteiger partial charge >= 0.3 is 0 Å². The SMILES string of the molecule is Cc1cc(F)cc(-c2ccnc3[nH]c(-c4n[nH]c5ccc(-c6cccc(CN(C)C)c6)cc45)cc23)c1. The van der Waals surface area contributed by atoms with Crippen molar-refractivity contribution in [3.8, 4) is 33.6 Å². The smallest absolute Gasteiger partial charge is 0.138 e. The minimum absolute atomic E-state index is 0.244. The molecule has 0 fully saturated rings. The van der Waals surface area contributed by atoms with Crippen LogP contribution in [0, 0.1) is 12.7 Å². The molecule has 6 heteroatoms. The van der Waals surface area contributed by atoms with E-state index in [2.05, 4.69) is 87.7 Å². The minimum atomic E-state index is -0.244. The number of rotatable bonds is 5. The molecular formula is C30H26FN5. The largest absolute Gasteiger partial charge is 0.338 e. The number of fused-ring (bicyclic) bond motifs is 2. The Hall–Kier alpha value is -4.29. The van der Waals surface area contributed by atoms with E-state index in [0.29, 0.717) is 0 Å².